The maximum absolute atomic E-state index is 13.4. The van der Waals surface area contributed by atoms with E-state index in [1.807, 2.05) is 13.8 Å². The monoisotopic (exact) mass is 432 g/mol. The molecule has 2 amide bonds. The summed E-state index contributed by atoms with van der Waals surface area (Å²) in [4.78, 5) is 27.2. The minimum atomic E-state index is -0.487. The molecule has 1 heterocycles. The number of nitrogens with one attached hydrogen (secondary N) is 1. The van der Waals surface area contributed by atoms with Crippen molar-refractivity contribution in [3.8, 4) is 5.75 Å². The summed E-state index contributed by atoms with van der Waals surface area (Å²) in [6.07, 6.45) is -0.0265. The SMILES string of the molecule is COc1ccc(NC2=C(c3ccc(F)cc3)C(=O)N(CCOC(C)C)C2=O)cc1Cl. The number of carbonyl (C=O) groups is 2. The Bertz CT molecular complexity index is 989. The van der Waals surface area contributed by atoms with E-state index < -0.39 is 17.6 Å². The van der Waals surface area contributed by atoms with E-state index >= 15 is 0 Å². The van der Waals surface area contributed by atoms with Gasteiger partial charge < -0.3 is 14.8 Å². The van der Waals surface area contributed by atoms with Gasteiger partial charge in [-0.1, -0.05) is 23.7 Å². The second kappa shape index (κ2) is 9.28. The van der Waals surface area contributed by atoms with Crippen molar-refractivity contribution >= 4 is 34.7 Å². The molecule has 0 fully saturated rings. The van der Waals surface area contributed by atoms with Crippen LogP contribution in [0.2, 0.25) is 5.02 Å². The standard InChI is InChI=1S/C22H22ClFN2O4/c1-13(2)30-11-10-26-21(27)19(14-4-6-15(24)7-5-14)20(22(26)28)25-16-8-9-18(29-3)17(23)12-16/h4-9,12-13,25H,10-11H2,1-3H3. The number of nitrogens with zero attached hydrogens (tertiary/aromatic N) is 1. The Balaban J connectivity index is 1.96. The first-order valence-electron chi connectivity index (χ1n) is 9.40. The summed E-state index contributed by atoms with van der Waals surface area (Å²) in [6, 6.07) is 10.3. The van der Waals surface area contributed by atoms with Gasteiger partial charge in [-0.05, 0) is 49.7 Å². The fourth-order valence-corrected chi connectivity index (χ4v) is 3.31. The largest absolute Gasteiger partial charge is 0.495 e. The van der Waals surface area contributed by atoms with Gasteiger partial charge in [-0.2, -0.15) is 0 Å². The summed E-state index contributed by atoms with van der Waals surface area (Å²) < 4.78 is 24.0. The van der Waals surface area contributed by atoms with Gasteiger partial charge in [0.2, 0.25) is 0 Å². The minimum Gasteiger partial charge on any atom is -0.495 e. The number of amides is 2. The van der Waals surface area contributed by atoms with Crippen molar-refractivity contribution in [3.63, 3.8) is 0 Å². The van der Waals surface area contributed by atoms with Crippen LogP contribution < -0.4 is 10.1 Å². The fraction of sp³-hybridized carbons (Fsp3) is 0.273. The lowest BCUT2D eigenvalue weighted by Crippen LogP contribution is -2.35. The molecule has 2 aromatic carbocycles. The zero-order chi connectivity index (χ0) is 21.8. The van der Waals surface area contributed by atoms with Crippen LogP contribution in [0.4, 0.5) is 10.1 Å². The Labute approximate surface area is 179 Å². The van der Waals surface area contributed by atoms with Gasteiger partial charge in [-0.15, -0.1) is 0 Å². The van der Waals surface area contributed by atoms with Gasteiger partial charge in [0.05, 0.1) is 37.0 Å². The molecule has 6 nitrogen and oxygen atoms in total. The Kier molecular flexibility index (Phi) is 6.74. The molecule has 0 unspecified atom stereocenters. The van der Waals surface area contributed by atoms with Gasteiger partial charge in [0.15, 0.2) is 0 Å². The van der Waals surface area contributed by atoms with E-state index in [2.05, 4.69) is 5.32 Å². The van der Waals surface area contributed by atoms with Gasteiger partial charge in [-0.3, -0.25) is 14.5 Å². The molecule has 3 rings (SSSR count). The van der Waals surface area contributed by atoms with E-state index in [0.717, 1.165) is 4.90 Å². The summed E-state index contributed by atoms with van der Waals surface area (Å²) in [5, 5.41) is 3.35. The molecule has 2 aromatic rings. The maximum atomic E-state index is 13.4. The summed E-state index contributed by atoms with van der Waals surface area (Å²) in [5.74, 6) is -0.911. The number of methoxy groups -OCH3 is 1. The highest BCUT2D eigenvalue weighted by Gasteiger charge is 2.39. The molecule has 0 atom stereocenters. The van der Waals surface area contributed by atoms with E-state index in [9.17, 15) is 14.0 Å². The topological polar surface area (TPSA) is 67.9 Å². The van der Waals surface area contributed by atoms with Crippen LogP contribution in [0.15, 0.2) is 48.2 Å². The van der Waals surface area contributed by atoms with Gasteiger partial charge in [0, 0.05) is 5.69 Å². The van der Waals surface area contributed by atoms with Crippen LogP contribution in [-0.2, 0) is 14.3 Å². The van der Waals surface area contributed by atoms with Gasteiger partial charge in [-0.25, -0.2) is 4.39 Å². The van der Waals surface area contributed by atoms with Crippen molar-refractivity contribution in [2.75, 3.05) is 25.6 Å². The zero-order valence-corrected chi connectivity index (χ0v) is 17.6. The molecular formula is C22H22ClFN2O4. The van der Waals surface area contributed by atoms with Crippen LogP contribution >= 0.6 is 11.6 Å². The number of benzene rings is 2. The fourth-order valence-electron chi connectivity index (χ4n) is 3.05. The first-order valence-corrected chi connectivity index (χ1v) is 9.78. The number of halogens is 2. The van der Waals surface area contributed by atoms with Crippen molar-refractivity contribution in [2.45, 2.75) is 20.0 Å². The quantitative estimate of drug-likeness (QED) is 0.636. The molecule has 0 saturated carbocycles. The van der Waals surface area contributed by atoms with Crippen LogP contribution in [0.5, 0.6) is 5.75 Å². The molecule has 0 bridgehead atoms. The summed E-state index contributed by atoms with van der Waals surface area (Å²) >= 11 is 6.18. The molecule has 30 heavy (non-hydrogen) atoms. The van der Waals surface area contributed by atoms with Gasteiger partial charge >= 0.3 is 0 Å². The highest BCUT2D eigenvalue weighted by Crippen LogP contribution is 2.33. The molecule has 0 aliphatic carbocycles. The molecule has 0 radical (unpaired) electrons. The van der Waals surface area contributed by atoms with Crippen molar-refractivity contribution in [2.24, 2.45) is 0 Å². The Hall–Kier alpha value is -2.90. The number of ether oxygens (including phenoxy) is 2. The predicted octanol–water partition coefficient (Wildman–Crippen LogP) is 4.10. The third-order valence-corrected chi connectivity index (χ3v) is 4.78. The Morgan fingerprint density at radius 3 is 2.40 bits per heavy atom. The smallest absolute Gasteiger partial charge is 0.278 e. The number of hydrogen-bond donors (Lipinski definition) is 1. The van der Waals surface area contributed by atoms with E-state index in [1.54, 1.807) is 18.2 Å². The van der Waals surface area contributed by atoms with Crippen molar-refractivity contribution in [1.82, 2.24) is 4.90 Å². The average Bonchev–Trinajstić information content (AvgIpc) is 2.93. The second-order valence-corrected chi connectivity index (χ2v) is 7.32. The maximum Gasteiger partial charge on any atom is 0.278 e. The molecule has 158 valence electrons. The number of hydrogen-bond acceptors (Lipinski definition) is 5. The molecule has 1 aliphatic rings. The lowest BCUT2D eigenvalue weighted by atomic mass is 10.0. The van der Waals surface area contributed by atoms with Crippen molar-refractivity contribution in [1.29, 1.82) is 0 Å². The van der Waals surface area contributed by atoms with E-state index in [0.29, 0.717) is 22.0 Å². The molecule has 1 aliphatic heterocycles. The lowest BCUT2D eigenvalue weighted by molar-refractivity contribution is -0.137. The number of anilines is 1. The first kappa shape index (κ1) is 21.8. The van der Waals surface area contributed by atoms with E-state index in [4.69, 9.17) is 21.1 Å². The average molecular weight is 433 g/mol. The normalized spacial score (nSPS) is 14.1. The third kappa shape index (κ3) is 4.63. The van der Waals surface area contributed by atoms with E-state index in [1.165, 1.54) is 31.4 Å². The summed E-state index contributed by atoms with van der Waals surface area (Å²) in [5.41, 5.74) is 1.20. The molecule has 0 spiro atoms. The number of rotatable bonds is 8. The van der Waals surface area contributed by atoms with Crippen molar-refractivity contribution < 1.29 is 23.5 Å². The highest BCUT2D eigenvalue weighted by atomic mass is 35.5. The van der Waals surface area contributed by atoms with Crippen LogP contribution in [-0.4, -0.2) is 43.1 Å². The van der Waals surface area contributed by atoms with Crippen LogP contribution in [0.25, 0.3) is 5.57 Å². The number of carbonyl (C=O) groups excluding carboxylic acids is 2. The second-order valence-electron chi connectivity index (χ2n) is 6.91. The van der Waals surface area contributed by atoms with Gasteiger partial charge in [0.1, 0.15) is 17.3 Å². The van der Waals surface area contributed by atoms with Crippen LogP contribution in [0, 0.1) is 5.82 Å². The zero-order valence-electron chi connectivity index (χ0n) is 16.9. The number of imide groups is 1. The predicted molar refractivity (Wildman–Crippen MR) is 113 cm³/mol. The van der Waals surface area contributed by atoms with Crippen molar-refractivity contribution in [3.05, 3.63) is 64.6 Å². The minimum absolute atomic E-state index is 0.0265. The molecule has 8 heteroatoms. The lowest BCUT2D eigenvalue weighted by Gasteiger charge is -2.16. The molecule has 0 aromatic heterocycles. The Morgan fingerprint density at radius 1 is 1.10 bits per heavy atom. The summed E-state index contributed by atoms with van der Waals surface area (Å²) in [6.45, 7) is 4.06. The third-order valence-electron chi connectivity index (χ3n) is 4.49. The molecule has 0 saturated heterocycles. The molecular weight excluding hydrogens is 411 g/mol. The molecule has 1 N–H and O–H groups in total. The Morgan fingerprint density at radius 2 is 1.80 bits per heavy atom. The van der Waals surface area contributed by atoms with Gasteiger partial charge in [0.25, 0.3) is 11.8 Å². The first-order chi connectivity index (χ1) is 14.3. The van der Waals surface area contributed by atoms with E-state index in [-0.39, 0.29) is 30.5 Å². The van der Waals surface area contributed by atoms with Crippen LogP contribution in [0.3, 0.4) is 0 Å². The highest BCUT2D eigenvalue weighted by molar-refractivity contribution is 6.36. The summed E-state index contributed by atoms with van der Waals surface area (Å²) in [7, 11) is 1.50. The van der Waals surface area contributed by atoms with Crippen LogP contribution in [0.1, 0.15) is 19.4 Å².